The van der Waals surface area contributed by atoms with Crippen molar-refractivity contribution in [1.82, 2.24) is 0 Å². The van der Waals surface area contributed by atoms with Gasteiger partial charge in [0.25, 0.3) is 0 Å². The molecular formula is C43H33IO6. The van der Waals surface area contributed by atoms with Crippen LogP contribution < -0.4 is 24.4 Å². The lowest BCUT2D eigenvalue weighted by atomic mass is 10.0. The minimum absolute atomic E-state index is 0.246. The second-order valence-electron chi connectivity index (χ2n) is 11.6. The summed E-state index contributed by atoms with van der Waals surface area (Å²) in [4.78, 5) is 14.6. The third kappa shape index (κ3) is 7.84. The van der Waals surface area contributed by atoms with Gasteiger partial charge in [-0.05, 0) is 57.0 Å². The fourth-order valence-electron chi connectivity index (χ4n) is 5.51. The average Bonchev–Trinajstić information content (AvgIpc) is 3.17. The molecule has 0 aliphatic heterocycles. The van der Waals surface area contributed by atoms with Crippen LogP contribution in [0.4, 0.5) is 0 Å². The number of benzene rings is 6. The molecule has 7 rings (SSSR count). The van der Waals surface area contributed by atoms with Crippen molar-refractivity contribution in [1.29, 1.82) is 0 Å². The minimum Gasteiger partial charge on any atom is -0.489 e. The van der Waals surface area contributed by atoms with Crippen molar-refractivity contribution in [3.63, 3.8) is 0 Å². The van der Waals surface area contributed by atoms with E-state index in [2.05, 4.69) is 22.6 Å². The Hall–Kier alpha value is -5.54. The highest BCUT2D eigenvalue weighted by molar-refractivity contribution is 14.1. The van der Waals surface area contributed by atoms with E-state index < -0.39 is 0 Å². The molecular weight excluding hydrogens is 739 g/mol. The molecule has 0 saturated carbocycles. The first-order valence-corrected chi connectivity index (χ1v) is 17.3. The monoisotopic (exact) mass is 772 g/mol. The van der Waals surface area contributed by atoms with Crippen molar-refractivity contribution in [3.05, 3.63) is 188 Å². The van der Waals surface area contributed by atoms with Crippen molar-refractivity contribution < 1.29 is 23.4 Å². The molecule has 6 aromatic carbocycles. The highest BCUT2D eigenvalue weighted by atomic mass is 127. The summed E-state index contributed by atoms with van der Waals surface area (Å²) in [6.45, 7) is 1.31. The zero-order chi connectivity index (χ0) is 34.1. The fraction of sp³-hybridized carbons (Fsp3) is 0.0930. The molecule has 0 N–H and O–H groups in total. The van der Waals surface area contributed by atoms with Gasteiger partial charge >= 0.3 is 0 Å². The van der Waals surface area contributed by atoms with Gasteiger partial charge in [-0.3, -0.25) is 4.79 Å². The molecule has 1 aromatic heterocycles. The van der Waals surface area contributed by atoms with Gasteiger partial charge in [-0.1, -0.05) is 121 Å². The summed E-state index contributed by atoms with van der Waals surface area (Å²) in [6, 6.07) is 46.9. The van der Waals surface area contributed by atoms with Crippen molar-refractivity contribution in [2.75, 3.05) is 0 Å². The Labute approximate surface area is 304 Å². The SMILES string of the molecule is O=c1c(-c2ccc(OCc3ccccc3)cc2OCc2ccccc2)coc2c(I)c(OCc3ccccc3)cc(OCc3ccccc3)c12. The molecule has 0 fully saturated rings. The van der Waals surface area contributed by atoms with Crippen molar-refractivity contribution in [2.24, 2.45) is 0 Å². The predicted octanol–water partition coefficient (Wildman–Crippen LogP) is 10.4. The lowest BCUT2D eigenvalue weighted by Gasteiger charge is -2.17. The van der Waals surface area contributed by atoms with Gasteiger partial charge in [-0.2, -0.15) is 0 Å². The Bertz CT molecular complexity index is 2240. The summed E-state index contributed by atoms with van der Waals surface area (Å²) in [5.41, 5.74) is 5.09. The van der Waals surface area contributed by atoms with Crippen molar-refractivity contribution in [2.45, 2.75) is 26.4 Å². The van der Waals surface area contributed by atoms with Crippen LogP contribution in [-0.4, -0.2) is 0 Å². The molecule has 0 saturated heterocycles. The Balaban J connectivity index is 1.28. The van der Waals surface area contributed by atoms with Gasteiger partial charge in [0.15, 0.2) is 5.58 Å². The normalized spacial score (nSPS) is 10.9. The van der Waals surface area contributed by atoms with E-state index in [1.807, 2.05) is 140 Å². The number of ether oxygens (including phenoxy) is 4. The first-order chi connectivity index (χ1) is 24.6. The molecule has 0 aliphatic rings. The molecule has 7 heteroatoms. The highest BCUT2D eigenvalue weighted by Gasteiger charge is 2.22. The van der Waals surface area contributed by atoms with Gasteiger partial charge in [0.1, 0.15) is 61.1 Å². The Morgan fingerprint density at radius 1 is 0.480 bits per heavy atom. The number of hydrogen-bond donors (Lipinski definition) is 0. The van der Waals surface area contributed by atoms with E-state index in [-0.39, 0.29) is 12.0 Å². The van der Waals surface area contributed by atoms with Crippen LogP contribution in [0.1, 0.15) is 22.3 Å². The van der Waals surface area contributed by atoms with Crippen LogP contribution in [-0.2, 0) is 26.4 Å². The Morgan fingerprint density at radius 2 is 0.940 bits per heavy atom. The van der Waals surface area contributed by atoms with Crippen LogP contribution in [0.3, 0.4) is 0 Å². The van der Waals surface area contributed by atoms with Crippen LogP contribution in [0.5, 0.6) is 23.0 Å². The third-order valence-electron chi connectivity index (χ3n) is 8.12. The van der Waals surface area contributed by atoms with Gasteiger partial charge in [0.2, 0.25) is 5.43 Å². The zero-order valence-electron chi connectivity index (χ0n) is 27.1. The maximum atomic E-state index is 14.6. The van der Waals surface area contributed by atoms with Crippen LogP contribution in [0.15, 0.2) is 161 Å². The van der Waals surface area contributed by atoms with Crippen LogP contribution in [0.25, 0.3) is 22.1 Å². The Morgan fingerprint density at radius 3 is 1.46 bits per heavy atom. The molecule has 0 bridgehead atoms. The number of rotatable bonds is 13. The fourth-order valence-corrected chi connectivity index (χ4v) is 6.21. The lowest BCUT2D eigenvalue weighted by Crippen LogP contribution is -2.10. The molecule has 0 amide bonds. The van der Waals surface area contributed by atoms with E-state index in [9.17, 15) is 4.79 Å². The lowest BCUT2D eigenvalue weighted by molar-refractivity contribution is 0.290. The molecule has 1 heterocycles. The molecule has 0 radical (unpaired) electrons. The maximum absolute atomic E-state index is 14.6. The molecule has 6 nitrogen and oxygen atoms in total. The van der Waals surface area contributed by atoms with Crippen LogP contribution in [0.2, 0.25) is 0 Å². The minimum atomic E-state index is -0.246. The molecule has 0 aliphatic carbocycles. The summed E-state index contributed by atoms with van der Waals surface area (Å²) >= 11 is 2.17. The number of halogens is 1. The van der Waals surface area contributed by atoms with Gasteiger partial charge in [-0.25, -0.2) is 0 Å². The van der Waals surface area contributed by atoms with Gasteiger partial charge in [-0.15, -0.1) is 0 Å². The summed E-state index contributed by atoms with van der Waals surface area (Å²) in [7, 11) is 0. The summed E-state index contributed by atoms with van der Waals surface area (Å²) in [6.07, 6.45) is 1.49. The molecule has 7 aromatic rings. The summed E-state index contributed by atoms with van der Waals surface area (Å²) in [5.74, 6) is 2.05. The smallest absolute Gasteiger partial charge is 0.204 e. The molecule has 248 valence electrons. The number of fused-ring (bicyclic) bond motifs is 1. The Kier molecular flexibility index (Phi) is 10.4. The van der Waals surface area contributed by atoms with E-state index in [1.165, 1.54) is 6.26 Å². The largest absolute Gasteiger partial charge is 0.489 e. The third-order valence-corrected chi connectivity index (χ3v) is 9.14. The highest BCUT2D eigenvalue weighted by Crippen LogP contribution is 2.39. The second-order valence-corrected chi connectivity index (χ2v) is 12.7. The predicted molar refractivity (Wildman–Crippen MR) is 204 cm³/mol. The van der Waals surface area contributed by atoms with Crippen molar-refractivity contribution >= 4 is 33.6 Å². The average molecular weight is 773 g/mol. The first-order valence-electron chi connectivity index (χ1n) is 16.2. The topological polar surface area (TPSA) is 67.1 Å². The van der Waals surface area contributed by atoms with E-state index in [0.29, 0.717) is 68.5 Å². The molecule has 0 unspecified atom stereocenters. The van der Waals surface area contributed by atoms with E-state index >= 15 is 0 Å². The molecule has 50 heavy (non-hydrogen) atoms. The van der Waals surface area contributed by atoms with E-state index in [1.54, 1.807) is 6.07 Å². The molecule has 0 atom stereocenters. The summed E-state index contributed by atoms with van der Waals surface area (Å²) < 4.78 is 32.1. The first kappa shape index (κ1) is 33.0. The molecule has 0 spiro atoms. The standard InChI is InChI=1S/C43H33IO6/c44-41-39(49-28-33-19-11-4-12-20-33)24-38(48-27-32-17-9-3-10-18-32)40-42(45)36(29-50-43(40)41)35-22-21-34(46-25-30-13-5-1-6-14-30)23-37(35)47-26-31-15-7-2-8-16-31/h1-24,29H,25-28H2. The van der Waals surface area contributed by atoms with Gasteiger partial charge < -0.3 is 23.4 Å². The zero-order valence-corrected chi connectivity index (χ0v) is 29.2. The van der Waals surface area contributed by atoms with Gasteiger partial charge in [0, 0.05) is 17.7 Å². The number of hydrogen-bond acceptors (Lipinski definition) is 6. The van der Waals surface area contributed by atoms with Crippen LogP contribution in [0, 0.1) is 3.57 Å². The maximum Gasteiger partial charge on any atom is 0.204 e. The van der Waals surface area contributed by atoms with Crippen molar-refractivity contribution in [3.8, 4) is 34.1 Å². The second kappa shape index (κ2) is 15.8. The van der Waals surface area contributed by atoms with Crippen LogP contribution >= 0.6 is 22.6 Å². The quantitative estimate of drug-likeness (QED) is 0.109. The van der Waals surface area contributed by atoms with Gasteiger partial charge in [0.05, 0.1) is 9.13 Å². The summed E-state index contributed by atoms with van der Waals surface area (Å²) in [5, 5.41) is 0.327. The van der Waals surface area contributed by atoms with E-state index in [4.69, 9.17) is 23.4 Å². The van der Waals surface area contributed by atoms with E-state index in [0.717, 1.165) is 22.3 Å².